The van der Waals surface area contributed by atoms with Crippen molar-refractivity contribution in [1.82, 2.24) is 20.0 Å². The van der Waals surface area contributed by atoms with E-state index in [9.17, 15) is 13.2 Å². The van der Waals surface area contributed by atoms with E-state index >= 15 is 0 Å². The topological polar surface area (TPSA) is 52.8 Å². The molecule has 0 radical (unpaired) electrons. The highest BCUT2D eigenvalue weighted by Crippen LogP contribution is 2.33. The van der Waals surface area contributed by atoms with Crippen LogP contribution in [0.15, 0.2) is 34.9 Å². The van der Waals surface area contributed by atoms with Crippen LogP contribution in [0.2, 0.25) is 0 Å². The molecule has 0 saturated heterocycles. The van der Waals surface area contributed by atoms with Gasteiger partial charge in [0, 0.05) is 18.3 Å². The molecule has 0 unspecified atom stereocenters. The highest BCUT2D eigenvalue weighted by molar-refractivity contribution is 9.10. The second-order valence-electron chi connectivity index (χ2n) is 7.39. The van der Waals surface area contributed by atoms with Gasteiger partial charge in [-0.2, -0.15) is 13.2 Å². The van der Waals surface area contributed by atoms with Gasteiger partial charge in [-0.15, -0.1) is 5.10 Å². The first-order valence-corrected chi connectivity index (χ1v) is 9.00. The number of ether oxygens (including phenoxy) is 1. The van der Waals surface area contributed by atoms with Gasteiger partial charge < -0.3 is 4.74 Å². The van der Waals surface area contributed by atoms with Crippen molar-refractivity contribution in [2.45, 2.75) is 40.1 Å². The van der Waals surface area contributed by atoms with Crippen LogP contribution in [0.4, 0.5) is 13.2 Å². The maximum absolute atomic E-state index is 12.6. The lowest BCUT2D eigenvalue weighted by Crippen LogP contribution is -2.16. The average Bonchev–Trinajstić information content (AvgIpc) is 2.96. The van der Waals surface area contributed by atoms with Gasteiger partial charge in [0.2, 0.25) is 0 Å². The third-order valence-electron chi connectivity index (χ3n) is 3.72. The minimum Gasteiger partial charge on any atom is -0.488 e. The molecule has 2 aromatic heterocycles. The first-order chi connectivity index (χ1) is 12.5. The molecule has 27 heavy (non-hydrogen) atoms. The molecule has 1 aromatic carbocycles. The summed E-state index contributed by atoms with van der Waals surface area (Å²) in [5, 5.41) is 8.40. The summed E-state index contributed by atoms with van der Waals surface area (Å²) in [7, 11) is 0. The molecule has 0 fully saturated rings. The number of nitrogens with zero attached hydrogens (tertiary/aromatic N) is 4. The molecule has 0 bridgehead atoms. The third-order valence-corrected chi connectivity index (χ3v) is 4.49. The van der Waals surface area contributed by atoms with Gasteiger partial charge in [-0.1, -0.05) is 32.1 Å². The standard InChI is InChI=1S/C18H18BrF3N4O/c1-17(2,3)10-26-12-5-6-13(15(19)16(12)24-25-26)27-9-11-4-7-14(23-8-11)18(20,21)22/h4-8H,9-10H2,1-3H3. The number of rotatable bonds is 4. The van der Waals surface area contributed by atoms with Gasteiger partial charge in [-0.05, 0) is 39.5 Å². The van der Waals surface area contributed by atoms with Crippen molar-refractivity contribution < 1.29 is 17.9 Å². The van der Waals surface area contributed by atoms with Gasteiger partial charge in [0.05, 0.1) is 9.99 Å². The SMILES string of the molecule is CC(C)(C)Cn1nnc2c(Br)c(OCc3ccc(C(F)(F)F)nc3)ccc21. The molecule has 0 atom stereocenters. The Kier molecular flexibility index (Phi) is 5.16. The van der Waals surface area contributed by atoms with Crippen molar-refractivity contribution in [2.24, 2.45) is 5.41 Å². The first kappa shape index (κ1) is 19.6. The van der Waals surface area contributed by atoms with Crippen molar-refractivity contribution in [3.05, 3.63) is 46.2 Å². The Morgan fingerprint density at radius 1 is 1.11 bits per heavy atom. The molecule has 3 rings (SSSR count). The second kappa shape index (κ2) is 7.10. The summed E-state index contributed by atoms with van der Waals surface area (Å²) in [6.45, 7) is 7.15. The maximum atomic E-state index is 12.6. The zero-order valence-corrected chi connectivity index (χ0v) is 16.6. The molecule has 3 aromatic rings. The summed E-state index contributed by atoms with van der Waals surface area (Å²) in [5.74, 6) is 0.533. The van der Waals surface area contributed by atoms with Crippen LogP contribution in [-0.4, -0.2) is 20.0 Å². The lowest BCUT2D eigenvalue weighted by molar-refractivity contribution is -0.141. The number of halogens is 4. The number of hydrogen-bond acceptors (Lipinski definition) is 4. The van der Waals surface area contributed by atoms with E-state index in [-0.39, 0.29) is 12.0 Å². The number of aromatic nitrogens is 4. The minimum absolute atomic E-state index is 0.0534. The normalized spacial score (nSPS) is 12.6. The van der Waals surface area contributed by atoms with Crippen LogP contribution in [0.3, 0.4) is 0 Å². The molecule has 2 heterocycles. The smallest absolute Gasteiger partial charge is 0.433 e. The van der Waals surface area contributed by atoms with E-state index in [2.05, 4.69) is 52.0 Å². The summed E-state index contributed by atoms with van der Waals surface area (Å²) >= 11 is 3.48. The lowest BCUT2D eigenvalue weighted by atomic mass is 9.97. The fourth-order valence-electron chi connectivity index (χ4n) is 2.50. The Bertz CT molecular complexity index is 946. The van der Waals surface area contributed by atoms with E-state index in [1.165, 1.54) is 6.07 Å². The van der Waals surface area contributed by atoms with E-state index in [0.717, 1.165) is 17.8 Å². The van der Waals surface area contributed by atoms with Gasteiger partial charge in [0.1, 0.15) is 23.6 Å². The van der Waals surface area contributed by atoms with Crippen LogP contribution in [0.5, 0.6) is 5.75 Å². The van der Waals surface area contributed by atoms with Crippen LogP contribution >= 0.6 is 15.9 Å². The van der Waals surface area contributed by atoms with Crippen LogP contribution in [0.1, 0.15) is 32.0 Å². The molecule has 0 amide bonds. The lowest BCUT2D eigenvalue weighted by Gasteiger charge is -2.18. The summed E-state index contributed by atoms with van der Waals surface area (Å²) in [6, 6.07) is 5.94. The number of fused-ring (bicyclic) bond motifs is 1. The van der Waals surface area contributed by atoms with Crippen molar-refractivity contribution in [2.75, 3.05) is 0 Å². The van der Waals surface area contributed by atoms with Crippen molar-refractivity contribution in [3.63, 3.8) is 0 Å². The number of benzene rings is 1. The Balaban J connectivity index is 1.77. The van der Waals surface area contributed by atoms with Crippen LogP contribution in [0, 0.1) is 5.41 Å². The van der Waals surface area contributed by atoms with Crippen molar-refractivity contribution in [1.29, 1.82) is 0 Å². The molecule has 0 saturated carbocycles. The molecule has 9 heteroatoms. The third kappa shape index (κ3) is 4.58. The van der Waals surface area contributed by atoms with E-state index < -0.39 is 11.9 Å². The van der Waals surface area contributed by atoms with Gasteiger partial charge in [0.15, 0.2) is 0 Å². The fourth-order valence-corrected chi connectivity index (χ4v) is 3.03. The fraction of sp³-hybridized carbons (Fsp3) is 0.389. The molecule has 0 aliphatic heterocycles. The number of alkyl halides is 3. The van der Waals surface area contributed by atoms with Crippen LogP contribution in [0.25, 0.3) is 11.0 Å². The maximum Gasteiger partial charge on any atom is 0.433 e. The van der Waals surface area contributed by atoms with Crippen LogP contribution in [-0.2, 0) is 19.3 Å². The summed E-state index contributed by atoms with van der Waals surface area (Å²) < 4.78 is 45.9. The number of pyridine rings is 1. The molecule has 0 aliphatic rings. The van der Waals surface area contributed by atoms with Gasteiger partial charge in [0.25, 0.3) is 0 Å². The monoisotopic (exact) mass is 442 g/mol. The van der Waals surface area contributed by atoms with E-state index in [0.29, 0.717) is 27.8 Å². The van der Waals surface area contributed by atoms with E-state index in [1.807, 2.05) is 10.7 Å². The Morgan fingerprint density at radius 3 is 2.44 bits per heavy atom. The Hall–Kier alpha value is -2.16. The van der Waals surface area contributed by atoms with Crippen molar-refractivity contribution in [3.8, 4) is 5.75 Å². The highest BCUT2D eigenvalue weighted by Gasteiger charge is 2.32. The van der Waals surface area contributed by atoms with Crippen LogP contribution < -0.4 is 4.74 Å². The molecule has 0 aliphatic carbocycles. The molecule has 0 spiro atoms. The van der Waals surface area contributed by atoms with Gasteiger partial charge in [-0.25, -0.2) is 4.68 Å². The van der Waals surface area contributed by atoms with Gasteiger partial charge >= 0.3 is 6.18 Å². The van der Waals surface area contributed by atoms with E-state index in [1.54, 1.807) is 6.07 Å². The average molecular weight is 443 g/mol. The quantitative estimate of drug-likeness (QED) is 0.554. The predicted molar refractivity (Wildman–Crippen MR) is 98.3 cm³/mol. The summed E-state index contributed by atoms with van der Waals surface area (Å²) in [5.41, 5.74) is 1.20. The van der Waals surface area contributed by atoms with E-state index in [4.69, 9.17) is 4.74 Å². The zero-order chi connectivity index (χ0) is 19.8. The highest BCUT2D eigenvalue weighted by atomic mass is 79.9. The molecule has 144 valence electrons. The number of hydrogen-bond donors (Lipinski definition) is 0. The summed E-state index contributed by atoms with van der Waals surface area (Å²) in [6.07, 6.45) is -3.29. The first-order valence-electron chi connectivity index (χ1n) is 8.21. The molecular weight excluding hydrogens is 425 g/mol. The minimum atomic E-state index is -4.45. The molecular formula is C18H18BrF3N4O. The predicted octanol–water partition coefficient (Wildman–Crippen LogP) is 5.23. The molecule has 0 N–H and O–H groups in total. The Morgan fingerprint density at radius 2 is 1.85 bits per heavy atom. The van der Waals surface area contributed by atoms with Crippen molar-refractivity contribution >= 4 is 27.0 Å². The Labute approximate surface area is 162 Å². The largest absolute Gasteiger partial charge is 0.488 e. The molecule has 5 nitrogen and oxygen atoms in total. The summed E-state index contributed by atoms with van der Waals surface area (Å²) in [4.78, 5) is 3.43. The second-order valence-corrected chi connectivity index (χ2v) is 8.18. The zero-order valence-electron chi connectivity index (χ0n) is 15.0. The van der Waals surface area contributed by atoms with Gasteiger partial charge in [-0.3, -0.25) is 4.98 Å².